The smallest absolute Gasteiger partial charge is 0.303 e. The van der Waals surface area contributed by atoms with Crippen molar-refractivity contribution >= 4 is 23.2 Å². The first kappa shape index (κ1) is 21.9. The van der Waals surface area contributed by atoms with Gasteiger partial charge < -0.3 is 15.4 Å². The molecule has 0 bridgehead atoms. The maximum absolute atomic E-state index is 13.8. The van der Waals surface area contributed by atoms with E-state index < -0.39 is 11.7 Å². The zero-order valence-electron chi connectivity index (χ0n) is 17.4. The van der Waals surface area contributed by atoms with Gasteiger partial charge in [-0.2, -0.15) is 8.78 Å². The number of carbonyl (C=O) groups is 1. The van der Waals surface area contributed by atoms with Crippen LogP contribution in [0.5, 0.6) is 5.88 Å². The minimum atomic E-state index is -3.20. The second kappa shape index (κ2) is 8.94. The van der Waals surface area contributed by atoms with Crippen molar-refractivity contribution < 1.29 is 18.3 Å². The molecule has 9 nitrogen and oxygen atoms in total. The van der Waals surface area contributed by atoms with Crippen LogP contribution in [-0.2, 0) is 10.7 Å². The average Bonchev–Trinajstić information content (AvgIpc) is 2.67. The highest BCUT2D eigenvalue weighted by atomic mass is 19.3. The summed E-state index contributed by atoms with van der Waals surface area (Å²) in [6.45, 7) is 5.93. The summed E-state index contributed by atoms with van der Waals surface area (Å²) >= 11 is 0. The van der Waals surface area contributed by atoms with Gasteiger partial charge in [-0.25, -0.2) is 24.9 Å². The lowest BCUT2D eigenvalue weighted by Crippen LogP contribution is -2.14. The summed E-state index contributed by atoms with van der Waals surface area (Å²) in [5, 5.41) is 5.60. The van der Waals surface area contributed by atoms with Crippen molar-refractivity contribution in [2.75, 3.05) is 17.2 Å². The molecule has 1 amide bonds. The molecule has 0 aliphatic rings. The number of ether oxygens (including phenoxy) is 1. The van der Waals surface area contributed by atoms with Gasteiger partial charge in [0.2, 0.25) is 17.6 Å². The molecule has 0 saturated heterocycles. The van der Waals surface area contributed by atoms with Crippen LogP contribution < -0.4 is 15.4 Å². The number of anilines is 3. The van der Waals surface area contributed by atoms with Crippen LogP contribution in [-0.4, -0.2) is 37.4 Å². The molecule has 0 aliphatic heterocycles. The monoisotopic (exact) mass is 429 g/mol. The standard InChI is InChI=1S/C20H21F2N7O2/c1-5-31-18-8-14(24-10-25-18)13-9-23-16(27-12(3)30)7-15(13)28-17-6-11(2)26-19(29-17)20(4,21)22/h6-10H,5H2,1-4H3,(H2,23,26,27,28,29,30). The van der Waals surface area contributed by atoms with Crippen LogP contribution in [0.3, 0.4) is 0 Å². The third-order valence-electron chi connectivity index (χ3n) is 3.93. The molecule has 0 aromatic carbocycles. The highest BCUT2D eigenvalue weighted by Gasteiger charge is 2.29. The van der Waals surface area contributed by atoms with Crippen LogP contribution in [0.4, 0.5) is 26.1 Å². The summed E-state index contributed by atoms with van der Waals surface area (Å²) in [7, 11) is 0. The van der Waals surface area contributed by atoms with E-state index in [1.165, 1.54) is 25.5 Å². The lowest BCUT2D eigenvalue weighted by Gasteiger charge is -2.15. The topological polar surface area (TPSA) is 115 Å². The summed E-state index contributed by atoms with van der Waals surface area (Å²) in [5.41, 5.74) is 1.81. The number of hydrogen-bond donors (Lipinski definition) is 2. The normalized spacial score (nSPS) is 11.2. The van der Waals surface area contributed by atoms with E-state index in [1.807, 2.05) is 6.92 Å². The van der Waals surface area contributed by atoms with E-state index in [9.17, 15) is 13.6 Å². The van der Waals surface area contributed by atoms with E-state index in [4.69, 9.17) is 4.74 Å². The van der Waals surface area contributed by atoms with Crippen molar-refractivity contribution in [2.24, 2.45) is 0 Å². The Hall–Kier alpha value is -3.76. The minimum absolute atomic E-state index is 0.157. The molecule has 0 spiro atoms. The number of nitrogens with one attached hydrogen (secondary N) is 2. The van der Waals surface area contributed by atoms with Crippen LogP contribution in [0, 0.1) is 6.92 Å². The van der Waals surface area contributed by atoms with E-state index in [0.717, 1.165) is 6.92 Å². The van der Waals surface area contributed by atoms with E-state index in [0.29, 0.717) is 35.1 Å². The molecule has 3 aromatic rings. The predicted octanol–water partition coefficient (Wildman–Crippen LogP) is 3.85. The summed E-state index contributed by atoms with van der Waals surface area (Å²) in [5.74, 6) is -3.32. The first-order chi connectivity index (χ1) is 14.7. The maximum atomic E-state index is 13.8. The van der Waals surface area contributed by atoms with Crippen LogP contribution in [0.15, 0.2) is 30.7 Å². The molecule has 3 rings (SSSR count). The van der Waals surface area contributed by atoms with Crippen LogP contribution >= 0.6 is 0 Å². The number of halogens is 2. The fourth-order valence-electron chi connectivity index (χ4n) is 2.69. The molecule has 0 fully saturated rings. The van der Waals surface area contributed by atoms with Gasteiger partial charge in [-0.05, 0) is 13.8 Å². The van der Waals surface area contributed by atoms with Gasteiger partial charge >= 0.3 is 5.92 Å². The predicted molar refractivity (Wildman–Crippen MR) is 110 cm³/mol. The Kier molecular flexibility index (Phi) is 6.33. The molecule has 0 radical (unpaired) electrons. The number of amides is 1. The summed E-state index contributed by atoms with van der Waals surface area (Å²) in [6, 6.07) is 4.71. The first-order valence-electron chi connectivity index (χ1n) is 9.39. The zero-order chi connectivity index (χ0) is 22.6. The Morgan fingerprint density at radius 2 is 1.90 bits per heavy atom. The Balaban J connectivity index is 2.08. The molecule has 2 N–H and O–H groups in total. The van der Waals surface area contributed by atoms with Crippen molar-refractivity contribution in [3.8, 4) is 17.1 Å². The number of rotatable bonds is 7. The van der Waals surface area contributed by atoms with Gasteiger partial charge in [0.05, 0.1) is 18.0 Å². The molecular formula is C20H21F2N7O2. The van der Waals surface area contributed by atoms with Crippen LogP contribution in [0.1, 0.15) is 32.3 Å². The summed E-state index contributed by atoms with van der Waals surface area (Å²) in [6.07, 6.45) is 2.84. The van der Waals surface area contributed by atoms with Gasteiger partial charge in [0.15, 0.2) is 0 Å². The van der Waals surface area contributed by atoms with Gasteiger partial charge in [-0.15, -0.1) is 0 Å². The fraction of sp³-hybridized carbons (Fsp3) is 0.300. The van der Waals surface area contributed by atoms with E-state index >= 15 is 0 Å². The number of pyridine rings is 1. The Labute approximate surface area is 177 Å². The second-order valence-corrected chi connectivity index (χ2v) is 6.70. The highest BCUT2D eigenvalue weighted by Crippen LogP contribution is 2.32. The third kappa shape index (κ3) is 5.65. The molecule has 162 valence electrons. The minimum Gasteiger partial charge on any atom is -0.478 e. The lowest BCUT2D eigenvalue weighted by atomic mass is 10.1. The SMILES string of the molecule is CCOc1cc(-c2cnc(NC(C)=O)cc2Nc2cc(C)nc(C(C)(F)F)n2)ncn1. The largest absolute Gasteiger partial charge is 0.478 e. The van der Waals surface area contributed by atoms with Gasteiger partial charge in [0.1, 0.15) is 18.0 Å². The second-order valence-electron chi connectivity index (χ2n) is 6.70. The molecule has 0 unspecified atom stereocenters. The fourth-order valence-corrected chi connectivity index (χ4v) is 2.69. The number of nitrogens with zero attached hydrogens (tertiary/aromatic N) is 5. The van der Waals surface area contributed by atoms with Crippen molar-refractivity contribution in [3.63, 3.8) is 0 Å². The van der Waals surface area contributed by atoms with Gasteiger partial charge in [0.25, 0.3) is 0 Å². The lowest BCUT2D eigenvalue weighted by molar-refractivity contribution is -0.114. The van der Waals surface area contributed by atoms with Crippen LogP contribution in [0.25, 0.3) is 11.3 Å². The molecule has 31 heavy (non-hydrogen) atoms. The maximum Gasteiger partial charge on any atom is 0.303 e. The molecule has 3 aromatic heterocycles. The van der Waals surface area contributed by atoms with E-state index in [2.05, 4.69) is 35.6 Å². The Morgan fingerprint density at radius 3 is 2.58 bits per heavy atom. The zero-order valence-corrected chi connectivity index (χ0v) is 17.4. The Morgan fingerprint density at radius 1 is 1.13 bits per heavy atom. The molecule has 0 atom stereocenters. The summed E-state index contributed by atoms with van der Waals surface area (Å²) < 4.78 is 33.0. The summed E-state index contributed by atoms with van der Waals surface area (Å²) in [4.78, 5) is 31.7. The molecular weight excluding hydrogens is 408 g/mol. The number of aromatic nitrogens is 5. The highest BCUT2D eigenvalue weighted by molar-refractivity contribution is 5.89. The number of aryl methyl sites for hydroxylation is 1. The van der Waals surface area contributed by atoms with Gasteiger partial charge in [-0.1, -0.05) is 0 Å². The van der Waals surface area contributed by atoms with E-state index in [1.54, 1.807) is 19.1 Å². The van der Waals surface area contributed by atoms with Gasteiger partial charge in [-0.3, -0.25) is 4.79 Å². The third-order valence-corrected chi connectivity index (χ3v) is 3.93. The molecule has 3 heterocycles. The number of hydrogen-bond acceptors (Lipinski definition) is 8. The molecule has 0 aliphatic carbocycles. The molecule has 11 heteroatoms. The number of carbonyl (C=O) groups excluding carboxylic acids is 1. The van der Waals surface area contributed by atoms with Crippen LogP contribution in [0.2, 0.25) is 0 Å². The van der Waals surface area contributed by atoms with E-state index in [-0.39, 0.29) is 17.5 Å². The molecule has 0 saturated carbocycles. The van der Waals surface area contributed by atoms with Crippen molar-refractivity contribution in [1.29, 1.82) is 0 Å². The first-order valence-corrected chi connectivity index (χ1v) is 9.39. The van der Waals surface area contributed by atoms with Crippen molar-refractivity contribution in [1.82, 2.24) is 24.9 Å². The van der Waals surface area contributed by atoms with Crippen molar-refractivity contribution in [2.45, 2.75) is 33.6 Å². The Bertz CT molecular complexity index is 1100. The number of alkyl halides is 2. The van der Waals surface area contributed by atoms with Crippen molar-refractivity contribution in [3.05, 3.63) is 42.2 Å². The van der Waals surface area contributed by atoms with Gasteiger partial charge in [0, 0.05) is 49.5 Å². The average molecular weight is 429 g/mol. The quantitative estimate of drug-likeness (QED) is 0.582.